The molecule has 0 bridgehead atoms. The summed E-state index contributed by atoms with van der Waals surface area (Å²) in [6.45, 7) is 3.82. The fourth-order valence-corrected chi connectivity index (χ4v) is 4.15. The summed E-state index contributed by atoms with van der Waals surface area (Å²) in [6, 6.07) is 11.8. The van der Waals surface area contributed by atoms with Crippen LogP contribution < -0.4 is 15.4 Å². The van der Waals surface area contributed by atoms with E-state index in [0.29, 0.717) is 23.2 Å². The smallest absolute Gasteiger partial charge is 0.259 e. The van der Waals surface area contributed by atoms with Crippen molar-refractivity contribution >= 4 is 45.9 Å². The Morgan fingerprint density at radius 3 is 2.67 bits per heavy atom. The fourth-order valence-electron chi connectivity index (χ4n) is 3.94. The van der Waals surface area contributed by atoms with Crippen LogP contribution in [0.15, 0.2) is 48.5 Å². The summed E-state index contributed by atoms with van der Waals surface area (Å²) in [5.41, 5.74) is 1.72. The maximum absolute atomic E-state index is 14.2. The third kappa shape index (κ3) is 3.87. The number of anilines is 3. The van der Waals surface area contributed by atoms with Gasteiger partial charge in [0.15, 0.2) is 0 Å². The van der Waals surface area contributed by atoms with E-state index in [2.05, 4.69) is 20.6 Å². The van der Waals surface area contributed by atoms with E-state index in [1.165, 1.54) is 24.3 Å². The van der Waals surface area contributed by atoms with Crippen LogP contribution in [0.25, 0.3) is 11.0 Å². The van der Waals surface area contributed by atoms with Gasteiger partial charge < -0.3 is 20.4 Å². The second kappa shape index (κ2) is 7.74. The van der Waals surface area contributed by atoms with E-state index in [4.69, 9.17) is 16.3 Å². The number of H-pyrrole nitrogens is 1. The van der Waals surface area contributed by atoms with Gasteiger partial charge in [0.05, 0.1) is 33.0 Å². The summed E-state index contributed by atoms with van der Waals surface area (Å²) in [6.07, 6.45) is 0.516. The van der Waals surface area contributed by atoms with E-state index in [1.54, 1.807) is 24.3 Å². The molecule has 6 nitrogen and oxygen atoms in total. The molecule has 0 radical (unpaired) electrons. The molecule has 0 aliphatic carbocycles. The minimum Gasteiger partial charge on any atom is -0.486 e. The molecule has 1 aliphatic rings. The van der Waals surface area contributed by atoms with Crippen molar-refractivity contribution in [2.24, 2.45) is 0 Å². The Balaban J connectivity index is 1.58. The highest BCUT2D eigenvalue weighted by molar-refractivity contribution is 6.33. The molecule has 168 valence electrons. The number of ether oxygens (including phenoxy) is 1. The van der Waals surface area contributed by atoms with Crippen molar-refractivity contribution in [2.45, 2.75) is 25.9 Å². The predicted octanol–water partition coefficient (Wildman–Crippen LogP) is 6.20. The van der Waals surface area contributed by atoms with Crippen LogP contribution in [-0.2, 0) is 6.42 Å². The van der Waals surface area contributed by atoms with Gasteiger partial charge in [-0.25, -0.2) is 13.8 Å². The Kier molecular flexibility index (Phi) is 4.97. The lowest BCUT2D eigenvalue weighted by Gasteiger charge is -2.18. The highest BCUT2D eigenvalue weighted by Crippen LogP contribution is 2.42. The van der Waals surface area contributed by atoms with Crippen LogP contribution in [-0.4, -0.2) is 21.5 Å². The van der Waals surface area contributed by atoms with E-state index >= 15 is 0 Å². The first-order valence-corrected chi connectivity index (χ1v) is 10.6. The first-order chi connectivity index (χ1) is 15.7. The zero-order valence-corrected chi connectivity index (χ0v) is 18.5. The Morgan fingerprint density at radius 2 is 1.91 bits per heavy atom. The van der Waals surface area contributed by atoms with Gasteiger partial charge in [0.1, 0.15) is 23.0 Å². The zero-order valence-electron chi connectivity index (χ0n) is 17.7. The number of hydrogen-bond donors (Lipinski definition) is 3. The average molecular weight is 469 g/mol. The van der Waals surface area contributed by atoms with Gasteiger partial charge in [0.25, 0.3) is 5.91 Å². The SMILES string of the molecule is CC1(C)Cc2c(c(C(=O)Nc3ccccc3F)cc3nc(Nc4c(F)cccc4Cl)[nH]c23)O1. The summed E-state index contributed by atoms with van der Waals surface area (Å²) in [5.74, 6) is -0.929. The van der Waals surface area contributed by atoms with Crippen molar-refractivity contribution in [3.8, 4) is 5.75 Å². The van der Waals surface area contributed by atoms with E-state index in [0.717, 1.165) is 5.56 Å². The summed E-state index contributed by atoms with van der Waals surface area (Å²) >= 11 is 6.12. The van der Waals surface area contributed by atoms with Crippen molar-refractivity contribution in [3.05, 3.63) is 76.3 Å². The lowest BCUT2D eigenvalue weighted by molar-refractivity contribution is 0.101. The van der Waals surface area contributed by atoms with Gasteiger partial charge in [-0.1, -0.05) is 29.8 Å². The summed E-state index contributed by atoms with van der Waals surface area (Å²) in [7, 11) is 0. The molecule has 1 aliphatic heterocycles. The number of imidazole rings is 1. The maximum atomic E-state index is 14.2. The van der Waals surface area contributed by atoms with Crippen LogP contribution in [0, 0.1) is 11.6 Å². The molecule has 5 rings (SSSR count). The minimum atomic E-state index is -0.558. The first-order valence-electron chi connectivity index (χ1n) is 10.2. The lowest BCUT2D eigenvalue weighted by Crippen LogP contribution is -2.25. The molecule has 1 amide bonds. The molecule has 0 fully saturated rings. The quantitative estimate of drug-likeness (QED) is 0.333. The molecule has 1 aromatic heterocycles. The molecule has 0 spiro atoms. The van der Waals surface area contributed by atoms with Gasteiger partial charge >= 0.3 is 0 Å². The monoisotopic (exact) mass is 468 g/mol. The van der Waals surface area contributed by atoms with Crippen molar-refractivity contribution in [3.63, 3.8) is 0 Å². The molecule has 3 aromatic carbocycles. The van der Waals surface area contributed by atoms with Gasteiger partial charge in [0, 0.05) is 12.0 Å². The second-order valence-corrected chi connectivity index (χ2v) is 8.81. The summed E-state index contributed by atoms with van der Waals surface area (Å²) in [4.78, 5) is 20.7. The van der Waals surface area contributed by atoms with Gasteiger partial charge in [-0.2, -0.15) is 0 Å². The molecule has 0 saturated carbocycles. The Bertz CT molecular complexity index is 1400. The highest BCUT2D eigenvalue weighted by Gasteiger charge is 2.36. The normalized spacial score (nSPS) is 14.1. The van der Waals surface area contributed by atoms with Gasteiger partial charge in [0.2, 0.25) is 5.95 Å². The molecule has 3 N–H and O–H groups in total. The summed E-state index contributed by atoms with van der Waals surface area (Å²) < 4.78 is 34.4. The minimum absolute atomic E-state index is 0.0622. The number of aromatic nitrogens is 2. The van der Waals surface area contributed by atoms with Gasteiger partial charge in [-0.3, -0.25) is 4.79 Å². The first kappa shape index (κ1) is 21.2. The van der Waals surface area contributed by atoms with Crippen LogP contribution in [0.1, 0.15) is 29.8 Å². The topological polar surface area (TPSA) is 79.0 Å². The number of rotatable bonds is 4. The molecular formula is C24H19ClF2N4O2. The van der Waals surface area contributed by atoms with Crippen molar-refractivity contribution in [2.75, 3.05) is 10.6 Å². The predicted molar refractivity (Wildman–Crippen MR) is 124 cm³/mol. The zero-order chi connectivity index (χ0) is 23.3. The van der Waals surface area contributed by atoms with Crippen LogP contribution in [0.3, 0.4) is 0 Å². The van der Waals surface area contributed by atoms with Crippen LogP contribution in [0.2, 0.25) is 5.02 Å². The second-order valence-electron chi connectivity index (χ2n) is 8.41. The number of carbonyl (C=O) groups excluding carboxylic acids is 1. The maximum Gasteiger partial charge on any atom is 0.259 e. The number of halogens is 3. The Hall–Kier alpha value is -3.65. The van der Waals surface area contributed by atoms with Crippen molar-refractivity contribution < 1.29 is 18.3 Å². The number of hydrogen-bond acceptors (Lipinski definition) is 4. The number of nitrogens with zero attached hydrogens (tertiary/aromatic N) is 1. The number of carbonyl (C=O) groups is 1. The highest BCUT2D eigenvalue weighted by atomic mass is 35.5. The Morgan fingerprint density at radius 1 is 1.15 bits per heavy atom. The van der Waals surface area contributed by atoms with Gasteiger partial charge in [-0.15, -0.1) is 0 Å². The van der Waals surface area contributed by atoms with E-state index in [9.17, 15) is 13.6 Å². The lowest BCUT2D eigenvalue weighted by atomic mass is 9.98. The van der Waals surface area contributed by atoms with Crippen LogP contribution in [0.5, 0.6) is 5.75 Å². The van der Waals surface area contributed by atoms with Crippen LogP contribution in [0.4, 0.5) is 26.1 Å². The molecule has 2 heterocycles. The molecular weight excluding hydrogens is 450 g/mol. The van der Waals surface area contributed by atoms with E-state index < -0.39 is 23.1 Å². The van der Waals surface area contributed by atoms with Gasteiger partial charge in [-0.05, 0) is 44.2 Å². The van der Waals surface area contributed by atoms with Crippen molar-refractivity contribution in [1.29, 1.82) is 0 Å². The van der Waals surface area contributed by atoms with E-state index in [-0.39, 0.29) is 27.9 Å². The molecule has 0 saturated heterocycles. The standard InChI is InChI=1S/C24H19ClF2N4O2/c1-24(2)11-13-19-18(29-23(30-19)31-20-14(25)6-5-8-16(20)27)10-12(21(13)33-24)22(32)28-17-9-4-3-7-15(17)26/h3-10H,11H2,1-2H3,(H,28,32)(H2,29,30,31). The molecule has 0 unspecified atom stereocenters. The Labute approximate surface area is 192 Å². The van der Waals surface area contributed by atoms with E-state index in [1.807, 2.05) is 13.8 Å². The number of aromatic amines is 1. The number of benzene rings is 3. The fraction of sp³-hybridized carbons (Fsp3) is 0.167. The number of nitrogens with one attached hydrogen (secondary N) is 3. The third-order valence-corrected chi connectivity index (χ3v) is 5.70. The van der Waals surface area contributed by atoms with Crippen LogP contribution >= 0.6 is 11.6 Å². The average Bonchev–Trinajstić information content (AvgIpc) is 3.31. The van der Waals surface area contributed by atoms with Crippen molar-refractivity contribution in [1.82, 2.24) is 9.97 Å². The molecule has 9 heteroatoms. The number of amides is 1. The largest absolute Gasteiger partial charge is 0.486 e. The molecule has 4 aromatic rings. The third-order valence-electron chi connectivity index (χ3n) is 5.39. The number of para-hydroxylation sites is 2. The summed E-state index contributed by atoms with van der Waals surface area (Å²) in [5, 5.41) is 5.67. The molecule has 0 atom stereocenters. The molecule has 33 heavy (non-hydrogen) atoms. The number of fused-ring (bicyclic) bond motifs is 3.